The predicted octanol–water partition coefficient (Wildman–Crippen LogP) is 8.52. The fourth-order valence-electron chi connectivity index (χ4n) is 7.82. The summed E-state index contributed by atoms with van der Waals surface area (Å²) in [5.41, 5.74) is 12.5. The second kappa shape index (κ2) is 13.4. The van der Waals surface area contributed by atoms with E-state index >= 15 is 0 Å². The molecule has 0 spiro atoms. The van der Waals surface area contributed by atoms with Gasteiger partial charge in [0.05, 0.1) is 6.54 Å². The summed E-state index contributed by atoms with van der Waals surface area (Å²) in [7, 11) is 0. The molecule has 0 aliphatic carbocycles. The summed E-state index contributed by atoms with van der Waals surface area (Å²) in [6.45, 7) is 8.67. The first-order chi connectivity index (χ1) is 24.5. The molecule has 7 rings (SSSR count). The number of Topliss-reactive ketones (excluding diaryl/α,β-unsaturated/α-hetero) is 3. The van der Waals surface area contributed by atoms with E-state index in [2.05, 4.69) is 5.32 Å². The zero-order valence-corrected chi connectivity index (χ0v) is 30.6. The van der Waals surface area contributed by atoms with Crippen molar-refractivity contribution in [1.29, 1.82) is 0 Å². The van der Waals surface area contributed by atoms with Gasteiger partial charge in [-0.25, -0.2) is 0 Å². The Morgan fingerprint density at radius 3 is 1.71 bits per heavy atom. The number of carbonyl (C=O) groups excluding carboxylic acids is 4. The van der Waals surface area contributed by atoms with Gasteiger partial charge in [-0.05, 0) is 79.4 Å². The first-order valence-corrected chi connectivity index (χ1v) is 18.5. The van der Waals surface area contributed by atoms with Crippen molar-refractivity contribution in [2.75, 3.05) is 6.54 Å². The summed E-state index contributed by atoms with van der Waals surface area (Å²) in [6, 6.07) is 25.0. The molecule has 2 unspecified atom stereocenters. The Labute approximate surface area is 304 Å². The minimum Gasteiger partial charge on any atom is -0.366 e. The molecule has 51 heavy (non-hydrogen) atoms. The van der Waals surface area contributed by atoms with E-state index in [4.69, 9.17) is 5.73 Å². The van der Waals surface area contributed by atoms with Crippen molar-refractivity contribution in [3.63, 3.8) is 0 Å². The van der Waals surface area contributed by atoms with Gasteiger partial charge in [0, 0.05) is 71.9 Å². The van der Waals surface area contributed by atoms with Gasteiger partial charge in [-0.3, -0.25) is 19.2 Å². The molecule has 7 nitrogen and oxygen atoms in total. The molecule has 5 aromatic rings. The number of hydrogen-bond acceptors (Lipinski definition) is 8. The molecule has 256 valence electrons. The lowest BCUT2D eigenvalue weighted by Gasteiger charge is -2.38. The number of rotatable bonds is 9. The average molecular weight is 712 g/mol. The van der Waals surface area contributed by atoms with Crippen LogP contribution in [0.5, 0.6) is 0 Å². The van der Waals surface area contributed by atoms with Crippen LogP contribution in [0.15, 0.2) is 135 Å². The van der Waals surface area contributed by atoms with E-state index in [1.165, 1.54) is 6.92 Å². The molecule has 3 N–H and O–H groups in total. The number of nitrogens with two attached hydrogens (primary N) is 1. The van der Waals surface area contributed by atoms with E-state index in [-0.39, 0.29) is 29.5 Å². The molecule has 3 aromatic carbocycles. The Bertz CT molecular complexity index is 2390. The highest BCUT2D eigenvalue weighted by Gasteiger charge is 2.42. The van der Waals surface area contributed by atoms with Crippen LogP contribution in [0.4, 0.5) is 0 Å². The van der Waals surface area contributed by atoms with Crippen molar-refractivity contribution in [2.24, 2.45) is 5.73 Å². The van der Waals surface area contributed by atoms with Crippen LogP contribution in [0.25, 0.3) is 20.2 Å². The summed E-state index contributed by atoms with van der Waals surface area (Å²) in [5.74, 6) is -2.59. The number of dihydropyridines is 1. The van der Waals surface area contributed by atoms with Gasteiger partial charge in [0.1, 0.15) is 0 Å². The number of benzene rings is 3. The van der Waals surface area contributed by atoms with Crippen LogP contribution < -0.4 is 11.1 Å². The summed E-state index contributed by atoms with van der Waals surface area (Å²) in [6.07, 6.45) is 0. The molecule has 9 heteroatoms. The molecule has 2 aromatic heterocycles. The fourth-order valence-corrected chi connectivity index (χ4v) is 9.80. The molecule has 0 bridgehead atoms. The highest BCUT2D eigenvalue weighted by atomic mass is 32.1. The Morgan fingerprint density at radius 1 is 0.667 bits per heavy atom. The molecule has 1 amide bonds. The Balaban J connectivity index is 1.36. The first kappa shape index (κ1) is 34.1. The monoisotopic (exact) mass is 711 g/mol. The lowest BCUT2D eigenvalue weighted by atomic mass is 9.75. The molecule has 0 fully saturated rings. The molecule has 0 saturated heterocycles. The molecule has 2 aliphatic heterocycles. The van der Waals surface area contributed by atoms with Crippen LogP contribution in [0.1, 0.15) is 67.9 Å². The predicted molar refractivity (Wildman–Crippen MR) is 205 cm³/mol. The van der Waals surface area contributed by atoms with Gasteiger partial charge in [-0.2, -0.15) is 0 Å². The number of thiophene rings is 2. The van der Waals surface area contributed by atoms with Gasteiger partial charge < -0.3 is 16.0 Å². The minimum absolute atomic E-state index is 0.162. The summed E-state index contributed by atoms with van der Waals surface area (Å²) >= 11 is 3.12. The van der Waals surface area contributed by atoms with Crippen molar-refractivity contribution < 1.29 is 19.2 Å². The third-order valence-electron chi connectivity index (χ3n) is 10.1. The van der Waals surface area contributed by atoms with E-state index in [1.54, 1.807) is 46.6 Å². The minimum atomic E-state index is -0.676. The second-order valence-corrected chi connectivity index (χ2v) is 14.9. The Hall–Kier alpha value is -5.38. The maximum atomic E-state index is 14.9. The highest BCUT2D eigenvalue weighted by Crippen LogP contribution is 2.47. The van der Waals surface area contributed by atoms with E-state index in [9.17, 15) is 19.2 Å². The number of fused-ring (bicyclic) bond motifs is 2. The van der Waals surface area contributed by atoms with Gasteiger partial charge in [0.15, 0.2) is 17.3 Å². The van der Waals surface area contributed by atoms with Crippen LogP contribution in [0.3, 0.4) is 0 Å². The zero-order chi connectivity index (χ0) is 36.1. The molecule has 0 radical (unpaired) electrons. The summed E-state index contributed by atoms with van der Waals surface area (Å²) in [5, 5.41) is 9.31. The zero-order valence-electron chi connectivity index (χ0n) is 29.0. The number of allylic oxidation sites excluding steroid dienone is 6. The number of amides is 1. The Morgan fingerprint density at radius 2 is 1.16 bits per heavy atom. The lowest BCUT2D eigenvalue weighted by molar-refractivity contribution is -0.118. The number of carbonyl (C=O) groups is 4. The number of primary amides is 1. The number of nitrogens with one attached hydrogen (secondary N) is 1. The normalized spacial score (nSPS) is 18.2. The van der Waals surface area contributed by atoms with Crippen LogP contribution in [0, 0.1) is 0 Å². The van der Waals surface area contributed by atoms with E-state index in [0.717, 1.165) is 31.3 Å². The number of ketones is 3. The summed E-state index contributed by atoms with van der Waals surface area (Å²) < 4.78 is 2.09. The first-order valence-electron chi connectivity index (χ1n) is 16.7. The van der Waals surface area contributed by atoms with Crippen molar-refractivity contribution in [3.05, 3.63) is 151 Å². The largest absolute Gasteiger partial charge is 0.366 e. The summed E-state index contributed by atoms with van der Waals surface area (Å²) in [4.78, 5) is 57.9. The molecular weight excluding hydrogens is 675 g/mol. The SMILES string of the molecule is CC(=O)C1=C(C)N(CC(=O)C2=C(C)NC(C)=C(C(=O)c3ccccc3)C2c2csc3ccccc23)C(C)=C(C(N)=O)C1c1csc2ccccc12. The van der Waals surface area contributed by atoms with Crippen molar-refractivity contribution in [3.8, 4) is 0 Å². The van der Waals surface area contributed by atoms with Crippen molar-refractivity contribution in [2.45, 2.75) is 46.5 Å². The van der Waals surface area contributed by atoms with E-state index < -0.39 is 17.7 Å². The lowest BCUT2D eigenvalue weighted by Crippen LogP contribution is -2.40. The standard InChI is InChI=1S/C42H37N3O4S2/c1-22-35(39(30-20-50-33-17-11-9-15-28(30)33)36(23(2)44-22)41(48)27-13-7-6-8-14-27)32(47)19-45-24(3)37(26(5)46)40(38(25(45)4)42(43)49)31-21-51-34-18-12-10-16-29(31)34/h6-18,20-21,39-40,44H,19H2,1-5H3,(H2,43,49). The maximum Gasteiger partial charge on any atom is 0.247 e. The van der Waals surface area contributed by atoms with Crippen LogP contribution in [-0.4, -0.2) is 34.7 Å². The Kier molecular flexibility index (Phi) is 8.95. The van der Waals surface area contributed by atoms with Gasteiger partial charge in [-0.15, -0.1) is 22.7 Å². The molecule has 2 aliphatic rings. The van der Waals surface area contributed by atoms with E-state index in [1.807, 2.05) is 98.3 Å². The van der Waals surface area contributed by atoms with Gasteiger partial charge in [0.25, 0.3) is 0 Å². The quantitative estimate of drug-likeness (QED) is 0.148. The fraction of sp³-hybridized carbons (Fsp3) is 0.190. The topological polar surface area (TPSA) is 110 Å². The third kappa shape index (κ3) is 5.76. The molecule has 0 saturated carbocycles. The smallest absolute Gasteiger partial charge is 0.247 e. The van der Waals surface area contributed by atoms with Gasteiger partial charge in [0.2, 0.25) is 5.91 Å². The molecule has 4 heterocycles. The third-order valence-corrected chi connectivity index (χ3v) is 12.1. The molecular formula is C42H37N3O4S2. The van der Waals surface area contributed by atoms with Gasteiger partial charge >= 0.3 is 0 Å². The molecule has 2 atom stereocenters. The highest BCUT2D eigenvalue weighted by molar-refractivity contribution is 7.17. The maximum absolute atomic E-state index is 14.9. The van der Waals surface area contributed by atoms with Crippen LogP contribution in [0.2, 0.25) is 0 Å². The van der Waals surface area contributed by atoms with Crippen molar-refractivity contribution >= 4 is 66.1 Å². The number of nitrogens with zero attached hydrogens (tertiary/aromatic N) is 1. The number of hydrogen-bond donors (Lipinski definition) is 2. The van der Waals surface area contributed by atoms with Crippen LogP contribution >= 0.6 is 22.7 Å². The van der Waals surface area contributed by atoms with E-state index in [0.29, 0.717) is 45.1 Å². The second-order valence-electron chi connectivity index (χ2n) is 13.1. The average Bonchev–Trinajstić information content (AvgIpc) is 3.74. The van der Waals surface area contributed by atoms with Crippen molar-refractivity contribution in [1.82, 2.24) is 10.2 Å². The van der Waals surface area contributed by atoms with Crippen LogP contribution in [-0.2, 0) is 14.4 Å². The van der Waals surface area contributed by atoms with Gasteiger partial charge in [-0.1, -0.05) is 66.7 Å².